The van der Waals surface area contributed by atoms with Gasteiger partial charge in [-0.05, 0) is 30.9 Å². The Balaban J connectivity index is 1.98. The van der Waals surface area contributed by atoms with Crippen molar-refractivity contribution in [2.75, 3.05) is 33.9 Å². The van der Waals surface area contributed by atoms with E-state index >= 15 is 0 Å². The third-order valence-corrected chi connectivity index (χ3v) is 5.78. The molecule has 1 aliphatic heterocycles. The minimum atomic E-state index is -3.80. The molecule has 2 rings (SSSR count). The number of likely N-dealkylation sites (tertiary alicyclic amines) is 1. The lowest BCUT2D eigenvalue weighted by molar-refractivity contribution is -0.132. The molecule has 0 aromatic heterocycles. The SMILES string of the molecule is COc1ccc(OC)c(S(=O)(=O)NCCC(=O)N2CCCC(C)C2)c1. The van der Waals surface area contributed by atoms with Gasteiger partial charge in [0.25, 0.3) is 0 Å². The van der Waals surface area contributed by atoms with Crippen LogP contribution in [0.2, 0.25) is 0 Å². The Morgan fingerprint density at radius 1 is 1.32 bits per heavy atom. The second kappa shape index (κ2) is 8.53. The maximum atomic E-state index is 12.5. The molecule has 25 heavy (non-hydrogen) atoms. The third kappa shape index (κ3) is 5.09. The first kappa shape index (κ1) is 19.5. The largest absolute Gasteiger partial charge is 0.497 e. The van der Waals surface area contributed by atoms with Crippen LogP contribution in [-0.4, -0.2) is 53.1 Å². The van der Waals surface area contributed by atoms with E-state index in [1.54, 1.807) is 6.07 Å². The highest BCUT2D eigenvalue weighted by Crippen LogP contribution is 2.28. The summed E-state index contributed by atoms with van der Waals surface area (Å²) in [5.41, 5.74) is 0. The maximum absolute atomic E-state index is 12.5. The fourth-order valence-electron chi connectivity index (χ4n) is 2.94. The fraction of sp³-hybridized carbons (Fsp3) is 0.588. The summed E-state index contributed by atoms with van der Waals surface area (Å²) in [7, 11) is -0.932. The summed E-state index contributed by atoms with van der Waals surface area (Å²) in [6, 6.07) is 4.56. The molecule has 7 nitrogen and oxygen atoms in total. The van der Waals surface area contributed by atoms with Crippen molar-refractivity contribution in [1.29, 1.82) is 0 Å². The standard InChI is InChI=1S/C17H26N2O5S/c1-13-5-4-10-19(12-13)17(20)8-9-18-25(21,22)16-11-14(23-2)6-7-15(16)24-3/h6-7,11,13,18H,4-5,8-10,12H2,1-3H3. The fourth-order valence-corrected chi connectivity index (χ4v) is 4.15. The van der Waals surface area contributed by atoms with Crippen LogP contribution in [-0.2, 0) is 14.8 Å². The van der Waals surface area contributed by atoms with Gasteiger partial charge in [0.1, 0.15) is 16.4 Å². The Morgan fingerprint density at radius 3 is 2.72 bits per heavy atom. The number of carbonyl (C=O) groups is 1. The van der Waals surface area contributed by atoms with Gasteiger partial charge in [0.05, 0.1) is 14.2 Å². The van der Waals surface area contributed by atoms with Crippen molar-refractivity contribution in [3.8, 4) is 11.5 Å². The predicted octanol–water partition coefficient (Wildman–Crippen LogP) is 1.63. The van der Waals surface area contributed by atoms with Crippen LogP contribution in [0.1, 0.15) is 26.2 Å². The molecule has 0 aliphatic carbocycles. The summed E-state index contributed by atoms with van der Waals surface area (Å²) in [5.74, 6) is 1.12. The van der Waals surface area contributed by atoms with E-state index in [-0.39, 0.29) is 29.5 Å². The van der Waals surface area contributed by atoms with Gasteiger partial charge in [-0.15, -0.1) is 0 Å². The third-order valence-electron chi connectivity index (χ3n) is 4.30. The quantitative estimate of drug-likeness (QED) is 0.789. The highest BCUT2D eigenvalue weighted by atomic mass is 32.2. The number of hydrogen-bond acceptors (Lipinski definition) is 5. The van der Waals surface area contributed by atoms with Crippen LogP contribution < -0.4 is 14.2 Å². The second-order valence-corrected chi connectivity index (χ2v) is 7.99. The van der Waals surface area contributed by atoms with Crippen LogP contribution in [0, 0.1) is 5.92 Å². The van der Waals surface area contributed by atoms with Crippen molar-refractivity contribution in [3.05, 3.63) is 18.2 Å². The Morgan fingerprint density at radius 2 is 2.08 bits per heavy atom. The lowest BCUT2D eigenvalue weighted by Gasteiger charge is -2.31. The first-order valence-electron chi connectivity index (χ1n) is 8.37. The molecular formula is C17H26N2O5S. The van der Waals surface area contributed by atoms with E-state index in [1.807, 2.05) is 4.90 Å². The molecule has 1 unspecified atom stereocenters. The Bertz CT molecular complexity index is 705. The van der Waals surface area contributed by atoms with Gasteiger partial charge in [-0.25, -0.2) is 13.1 Å². The van der Waals surface area contributed by atoms with E-state index in [0.717, 1.165) is 25.9 Å². The highest BCUT2D eigenvalue weighted by Gasteiger charge is 2.23. The van der Waals surface area contributed by atoms with Gasteiger partial charge >= 0.3 is 0 Å². The monoisotopic (exact) mass is 370 g/mol. The van der Waals surface area contributed by atoms with E-state index in [2.05, 4.69) is 11.6 Å². The molecule has 1 N–H and O–H groups in total. The lowest BCUT2D eigenvalue weighted by atomic mass is 10.0. The smallest absolute Gasteiger partial charge is 0.244 e. The van der Waals surface area contributed by atoms with E-state index in [9.17, 15) is 13.2 Å². The lowest BCUT2D eigenvalue weighted by Crippen LogP contribution is -2.40. The van der Waals surface area contributed by atoms with Gasteiger partial charge in [-0.1, -0.05) is 6.92 Å². The van der Waals surface area contributed by atoms with Crippen molar-refractivity contribution >= 4 is 15.9 Å². The molecule has 1 atom stereocenters. The molecular weight excluding hydrogens is 344 g/mol. The molecule has 140 valence electrons. The van der Waals surface area contributed by atoms with Gasteiger partial charge in [0.15, 0.2) is 0 Å². The van der Waals surface area contributed by atoms with Crippen molar-refractivity contribution in [1.82, 2.24) is 9.62 Å². The highest BCUT2D eigenvalue weighted by molar-refractivity contribution is 7.89. The number of carbonyl (C=O) groups excluding carboxylic acids is 1. The zero-order valence-electron chi connectivity index (χ0n) is 14.9. The minimum Gasteiger partial charge on any atom is -0.497 e. The molecule has 1 saturated heterocycles. The Kier molecular flexibility index (Phi) is 6.66. The van der Waals surface area contributed by atoms with Crippen LogP contribution in [0.4, 0.5) is 0 Å². The minimum absolute atomic E-state index is 0.00612. The second-order valence-electron chi connectivity index (χ2n) is 6.25. The number of rotatable bonds is 7. The molecule has 0 saturated carbocycles. The molecule has 1 fully saturated rings. The number of sulfonamides is 1. The average molecular weight is 370 g/mol. The van der Waals surface area contributed by atoms with Crippen molar-refractivity contribution in [2.24, 2.45) is 5.92 Å². The normalized spacial score (nSPS) is 18.0. The Labute approximate surface area is 149 Å². The van der Waals surface area contributed by atoms with Gasteiger partial charge < -0.3 is 14.4 Å². The van der Waals surface area contributed by atoms with Crippen LogP contribution in [0.15, 0.2) is 23.1 Å². The molecule has 1 aliphatic rings. The summed E-state index contributed by atoms with van der Waals surface area (Å²) in [6.45, 7) is 3.67. The van der Waals surface area contributed by atoms with Crippen LogP contribution in [0.5, 0.6) is 11.5 Å². The Hall–Kier alpha value is -1.80. The first-order chi connectivity index (χ1) is 11.9. The van der Waals surface area contributed by atoms with Gasteiger partial charge in [-0.3, -0.25) is 4.79 Å². The van der Waals surface area contributed by atoms with E-state index < -0.39 is 10.0 Å². The van der Waals surface area contributed by atoms with Crippen molar-refractivity contribution in [3.63, 3.8) is 0 Å². The summed E-state index contributed by atoms with van der Waals surface area (Å²) in [4.78, 5) is 14.0. The van der Waals surface area contributed by atoms with Crippen LogP contribution in [0.25, 0.3) is 0 Å². The number of amides is 1. The van der Waals surface area contributed by atoms with Gasteiger partial charge in [0, 0.05) is 32.1 Å². The van der Waals surface area contributed by atoms with Gasteiger partial charge in [-0.2, -0.15) is 0 Å². The zero-order chi connectivity index (χ0) is 18.4. The molecule has 8 heteroatoms. The number of benzene rings is 1. The number of nitrogens with zero attached hydrogens (tertiary/aromatic N) is 1. The predicted molar refractivity (Wildman–Crippen MR) is 94.3 cm³/mol. The summed E-state index contributed by atoms with van der Waals surface area (Å²) in [5, 5.41) is 0. The molecule has 1 heterocycles. The van der Waals surface area contributed by atoms with E-state index in [0.29, 0.717) is 11.7 Å². The number of piperidine rings is 1. The number of nitrogens with one attached hydrogen (secondary N) is 1. The molecule has 0 spiro atoms. The zero-order valence-corrected chi connectivity index (χ0v) is 15.8. The number of ether oxygens (including phenoxy) is 2. The summed E-state index contributed by atoms with van der Waals surface area (Å²) < 4.78 is 37.7. The van der Waals surface area contributed by atoms with Gasteiger partial charge in [0.2, 0.25) is 15.9 Å². The van der Waals surface area contributed by atoms with Crippen molar-refractivity contribution in [2.45, 2.75) is 31.1 Å². The molecule has 0 radical (unpaired) electrons. The van der Waals surface area contributed by atoms with E-state index in [1.165, 1.54) is 26.4 Å². The topological polar surface area (TPSA) is 84.9 Å². The molecule has 1 amide bonds. The van der Waals surface area contributed by atoms with Crippen LogP contribution >= 0.6 is 0 Å². The maximum Gasteiger partial charge on any atom is 0.244 e. The van der Waals surface area contributed by atoms with Crippen molar-refractivity contribution < 1.29 is 22.7 Å². The first-order valence-corrected chi connectivity index (χ1v) is 9.85. The number of methoxy groups -OCH3 is 2. The van der Waals surface area contributed by atoms with Crippen LogP contribution in [0.3, 0.4) is 0 Å². The molecule has 1 aromatic rings. The molecule has 1 aromatic carbocycles. The summed E-state index contributed by atoms with van der Waals surface area (Å²) in [6.07, 6.45) is 2.27. The summed E-state index contributed by atoms with van der Waals surface area (Å²) >= 11 is 0. The van der Waals surface area contributed by atoms with E-state index in [4.69, 9.17) is 9.47 Å². The average Bonchev–Trinajstić information content (AvgIpc) is 2.60. The molecule has 0 bridgehead atoms. The number of hydrogen-bond donors (Lipinski definition) is 1.